The largest absolute Gasteiger partial charge is 0.229 e. The lowest BCUT2D eigenvalue weighted by molar-refractivity contribution is 0.762. The molecule has 5 rings (SSSR count). The monoisotopic (exact) mass is 430 g/mol. The quantitative estimate of drug-likeness (QED) is 0.271. The maximum absolute atomic E-state index is 4.62. The molecule has 3 heterocycles. The number of thioether (sulfide) groups is 1. The predicted octanol–water partition coefficient (Wildman–Crippen LogP) is 5.50. The molecule has 6 nitrogen and oxygen atoms in total. The second kappa shape index (κ2) is 7.97. The van der Waals surface area contributed by atoms with Gasteiger partial charge in [0.1, 0.15) is 16.2 Å². The fourth-order valence-electron chi connectivity index (χ4n) is 3.30. The summed E-state index contributed by atoms with van der Waals surface area (Å²) in [6.45, 7) is 4.19. The lowest BCUT2D eigenvalue weighted by Gasteiger charge is -2.12. The summed E-state index contributed by atoms with van der Waals surface area (Å²) in [4.78, 5) is 10.1. The van der Waals surface area contributed by atoms with Gasteiger partial charge in [-0.2, -0.15) is 4.68 Å². The van der Waals surface area contributed by atoms with E-state index in [0.29, 0.717) is 0 Å². The number of nitrogens with zero attached hydrogens (tertiary/aromatic N) is 6. The topological polar surface area (TPSA) is 69.4 Å². The van der Waals surface area contributed by atoms with Crippen molar-refractivity contribution < 1.29 is 0 Å². The van der Waals surface area contributed by atoms with Crippen molar-refractivity contribution in [1.82, 2.24) is 30.2 Å². The van der Waals surface area contributed by atoms with Crippen LogP contribution in [0.2, 0.25) is 0 Å². The summed E-state index contributed by atoms with van der Waals surface area (Å²) in [6.07, 6.45) is 1.63. The van der Waals surface area contributed by atoms with Gasteiger partial charge in [0.25, 0.3) is 0 Å². The zero-order valence-corrected chi connectivity index (χ0v) is 18.1. The summed E-state index contributed by atoms with van der Waals surface area (Å²) in [6, 6.07) is 18.5. The molecule has 5 aromatic rings. The van der Waals surface area contributed by atoms with Crippen LogP contribution in [0, 0.1) is 6.92 Å². The van der Waals surface area contributed by atoms with Crippen molar-refractivity contribution in [3.63, 3.8) is 0 Å². The van der Waals surface area contributed by atoms with Crippen LogP contribution in [0.1, 0.15) is 23.6 Å². The van der Waals surface area contributed by atoms with E-state index in [4.69, 9.17) is 0 Å². The second-order valence-corrected chi connectivity index (χ2v) is 9.11. The van der Waals surface area contributed by atoms with Crippen molar-refractivity contribution in [2.75, 3.05) is 0 Å². The molecule has 0 amide bonds. The molecule has 0 saturated carbocycles. The number of thiophene rings is 1. The average Bonchev–Trinajstić information content (AvgIpc) is 3.43. The van der Waals surface area contributed by atoms with Crippen molar-refractivity contribution >= 4 is 33.3 Å². The smallest absolute Gasteiger partial charge is 0.169 e. The molecule has 0 N–H and O–H groups in total. The molecule has 0 radical (unpaired) electrons. The maximum Gasteiger partial charge on any atom is 0.169 e. The van der Waals surface area contributed by atoms with Crippen LogP contribution in [-0.4, -0.2) is 30.2 Å². The first kappa shape index (κ1) is 18.9. The Morgan fingerprint density at radius 3 is 2.60 bits per heavy atom. The van der Waals surface area contributed by atoms with Crippen molar-refractivity contribution in [2.24, 2.45) is 0 Å². The highest BCUT2D eigenvalue weighted by Crippen LogP contribution is 2.42. The van der Waals surface area contributed by atoms with Crippen molar-refractivity contribution in [1.29, 1.82) is 0 Å². The molecular weight excluding hydrogens is 412 g/mol. The second-order valence-electron chi connectivity index (χ2n) is 6.92. The molecule has 0 fully saturated rings. The highest BCUT2D eigenvalue weighted by atomic mass is 32.2. The van der Waals surface area contributed by atoms with E-state index in [9.17, 15) is 0 Å². The third kappa shape index (κ3) is 3.48. The van der Waals surface area contributed by atoms with Crippen LogP contribution in [0.3, 0.4) is 0 Å². The average molecular weight is 431 g/mol. The highest BCUT2D eigenvalue weighted by Gasteiger charge is 2.21. The number of benzene rings is 2. The Kier molecular flexibility index (Phi) is 5.02. The van der Waals surface area contributed by atoms with E-state index >= 15 is 0 Å². The Labute approximate surface area is 182 Å². The Hall–Kier alpha value is -3.10. The van der Waals surface area contributed by atoms with Gasteiger partial charge in [0.05, 0.1) is 16.3 Å². The standard InChI is InChI=1S/C22H18N6S2/c1-14-8-10-16(11-9-14)18-12-29-21-19(18)22(24-13-23-21)30-15(2)20-25-26-27-28(20)17-6-4-3-5-7-17/h3-13,15H,1-2H3. The minimum atomic E-state index is 0.00377. The number of rotatable bonds is 5. The number of aromatic nitrogens is 6. The van der Waals surface area contributed by atoms with Gasteiger partial charge in [0.15, 0.2) is 5.82 Å². The summed E-state index contributed by atoms with van der Waals surface area (Å²) in [7, 11) is 0. The van der Waals surface area contributed by atoms with Crippen LogP contribution in [0.25, 0.3) is 27.0 Å². The van der Waals surface area contributed by atoms with Crippen LogP contribution in [0.15, 0.2) is 71.3 Å². The first-order valence-electron chi connectivity index (χ1n) is 9.50. The van der Waals surface area contributed by atoms with Gasteiger partial charge in [-0.05, 0) is 42.0 Å². The lowest BCUT2D eigenvalue weighted by Crippen LogP contribution is -2.05. The predicted molar refractivity (Wildman–Crippen MR) is 121 cm³/mol. The molecule has 2 aromatic carbocycles. The number of para-hydroxylation sites is 1. The van der Waals surface area contributed by atoms with Crippen molar-refractivity contribution in [3.8, 4) is 16.8 Å². The van der Waals surface area contributed by atoms with E-state index in [2.05, 4.69) is 69.0 Å². The lowest BCUT2D eigenvalue weighted by atomic mass is 10.1. The van der Waals surface area contributed by atoms with Crippen LogP contribution < -0.4 is 0 Å². The molecule has 30 heavy (non-hydrogen) atoms. The fraction of sp³-hybridized carbons (Fsp3) is 0.136. The molecule has 0 aliphatic carbocycles. The van der Waals surface area contributed by atoms with E-state index in [1.54, 1.807) is 34.1 Å². The minimum absolute atomic E-state index is 0.00377. The summed E-state index contributed by atoms with van der Waals surface area (Å²) >= 11 is 3.29. The van der Waals surface area contributed by atoms with Gasteiger partial charge in [-0.25, -0.2) is 9.97 Å². The van der Waals surface area contributed by atoms with Crippen LogP contribution >= 0.6 is 23.1 Å². The van der Waals surface area contributed by atoms with Crippen molar-refractivity contribution in [2.45, 2.75) is 24.1 Å². The molecule has 0 aliphatic rings. The van der Waals surface area contributed by atoms with Crippen LogP contribution in [0.5, 0.6) is 0 Å². The third-order valence-corrected chi connectivity index (χ3v) is 6.83. The number of tetrazole rings is 1. The van der Waals surface area contributed by atoms with Crippen LogP contribution in [0.4, 0.5) is 0 Å². The molecular formula is C22H18N6S2. The Morgan fingerprint density at radius 2 is 1.80 bits per heavy atom. The molecule has 8 heteroatoms. The van der Waals surface area contributed by atoms with E-state index in [-0.39, 0.29) is 5.25 Å². The third-order valence-electron chi connectivity index (χ3n) is 4.84. The zero-order chi connectivity index (χ0) is 20.5. The molecule has 1 atom stereocenters. The summed E-state index contributed by atoms with van der Waals surface area (Å²) in [5, 5.41) is 16.6. The molecule has 0 spiro atoms. The van der Waals surface area contributed by atoms with E-state index in [1.165, 1.54) is 11.1 Å². The summed E-state index contributed by atoms with van der Waals surface area (Å²) < 4.78 is 1.78. The van der Waals surface area contributed by atoms with Gasteiger partial charge in [0, 0.05) is 10.9 Å². The summed E-state index contributed by atoms with van der Waals surface area (Å²) in [5.74, 6) is 0.782. The molecule has 0 aliphatic heterocycles. The highest BCUT2D eigenvalue weighted by molar-refractivity contribution is 7.99. The first-order chi connectivity index (χ1) is 14.7. The maximum atomic E-state index is 4.62. The minimum Gasteiger partial charge on any atom is -0.229 e. The van der Waals surface area contributed by atoms with E-state index < -0.39 is 0 Å². The number of hydrogen-bond acceptors (Lipinski definition) is 7. The molecule has 0 bridgehead atoms. The summed E-state index contributed by atoms with van der Waals surface area (Å²) in [5.41, 5.74) is 4.51. The van der Waals surface area contributed by atoms with Gasteiger partial charge in [0.2, 0.25) is 0 Å². The first-order valence-corrected chi connectivity index (χ1v) is 11.3. The fourth-order valence-corrected chi connectivity index (χ4v) is 5.30. The van der Waals surface area contributed by atoms with Gasteiger partial charge in [-0.15, -0.1) is 16.4 Å². The van der Waals surface area contributed by atoms with Gasteiger partial charge in [-0.3, -0.25) is 0 Å². The molecule has 3 aromatic heterocycles. The van der Waals surface area contributed by atoms with Gasteiger partial charge in [-0.1, -0.05) is 59.8 Å². The van der Waals surface area contributed by atoms with E-state index in [0.717, 1.165) is 32.3 Å². The Morgan fingerprint density at radius 1 is 1.00 bits per heavy atom. The van der Waals surface area contributed by atoms with Crippen LogP contribution in [-0.2, 0) is 0 Å². The zero-order valence-electron chi connectivity index (χ0n) is 16.4. The molecule has 148 valence electrons. The van der Waals surface area contributed by atoms with Gasteiger partial charge < -0.3 is 0 Å². The van der Waals surface area contributed by atoms with E-state index in [1.807, 2.05) is 30.3 Å². The number of fused-ring (bicyclic) bond motifs is 1. The number of hydrogen-bond donors (Lipinski definition) is 0. The Balaban J connectivity index is 1.53. The molecule has 1 unspecified atom stereocenters. The Bertz CT molecular complexity index is 1290. The van der Waals surface area contributed by atoms with Gasteiger partial charge >= 0.3 is 0 Å². The number of aryl methyl sites for hydroxylation is 1. The normalized spacial score (nSPS) is 12.3. The SMILES string of the molecule is Cc1ccc(-c2csc3ncnc(SC(C)c4nnnn4-c4ccccc4)c23)cc1. The molecule has 0 saturated heterocycles. The van der Waals surface area contributed by atoms with Crippen molar-refractivity contribution in [3.05, 3.63) is 77.7 Å².